The lowest BCUT2D eigenvalue weighted by molar-refractivity contribution is 0.122. The van der Waals surface area contributed by atoms with E-state index in [2.05, 4.69) is 40.7 Å². The Morgan fingerprint density at radius 1 is 1.06 bits per heavy atom. The topological polar surface area (TPSA) is 114 Å². The second kappa shape index (κ2) is 11.1. The van der Waals surface area contributed by atoms with E-state index in [1.54, 1.807) is 12.4 Å². The Labute approximate surface area is 211 Å². The van der Waals surface area contributed by atoms with E-state index < -0.39 is 5.82 Å². The quantitative estimate of drug-likeness (QED) is 0.349. The zero-order valence-electron chi connectivity index (χ0n) is 19.1. The van der Waals surface area contributed by atoms with E-state index in [4.69, 9.17) is 16.3 Å². The predicted molar refractivity (Wildman–Crippen MR) is 133 cm³/mol. The second-order valence-electron chi connectivity index (χ2n) is 7.84. The van der Waals surface area contributed by atoms with Gasteiger partial charge in [-0.15, -0.1) is 5.11 Å². The van der Waals surface area contributed by atoms with Crippen molar-refractivity contribution in [2.24, 2.45) is 10.2 Å². The third-order valence-corrected chi connectivity index (χ3v) is 5.51. The van der Waals surface area contributed by atoms with Crippen molar-refractivity contribution in [2.45, 2.75) is 6.54 Å². The Morgan fingerprint density at radius 2 is 1.94 bits per heavy atom. The van der Waals surface area contributed by atoms with Crippen LogP contribution >= 0.6 is 11.6 Å². The predicted octanol–water partition coefficient (Wildman–Crippen LogP) is 4.99. The minimum atomic E-state index is -0.496. The molecule has 0 saturated carbocycles. The smallest absolute Gasteiger partial charge is 0.270 e. The number of rotatable bonds is 7. The normalized spacial score (nSPS) is 13.8. The molecular weight excluding hydrogens is 485 g/mol. The fraction of sp³-hybridized carbons (Fsp3) is 0.208. The Balaban J connectivity index is 1.22. The van der Waals surface area contributed by atoms with Crippen LogP contribution in [0.5, 0.6) is 0 Å². The van der Waals surface area contributed by atoms with Crippen LogP contribution in [0.25, 0.3) is 11.3 Å². The molecule has 4 aromatic rings. The zero-order chi connectivity index (χ0) is 24.7. The lowest BCUT2D eigenvalue weighted by Crippen LogP contribution is -2.37. The molecular formula is C24H21ClFN9O. The average molecular weight is 506 g/mol. The number of halogens is 2. The highest BCUT2D eigenvalue weighted by atomic mass is 35.5. The minimum Gasteiger partial charge on any atom is -0.378 e. The van der Waals surface area contributed by atoms with Gasteiger partial charge >= 0.3 is 0 Å². The summed E-state index contributed by atoms with van der Waals surface area (Å²) in [6.07, 6.45) is 4.42. The van der Waals surface area contributed by atoms with E-state index in [-0.39, 0.29) is 18.3 Å². The number of morpholine rings is 1. The highest BCUT2D eigenvalue weighted by Gasteiger charge is 2.17. The van der Waals surface area contributed by atoms with Gasteiger partial charge in [0.15, 0.2) is 11.6 Å². The second-order valence-corrected chi connectivity index (χ2v) is 8.28. The number of azo groups is 1. The van der Waals surface area contributed by atoms with Crippen LogP contribution in [0.4, 0.5) is 27.5 Å². The summed E-state index contributed by atoms with van der Waals surface area (Å²) in [6.45, 7) is 2.40. The highest BCUT2D eigenvalue weighted by Crippen LogP contribution is 2.28. The van der Waals surface area contributed by atoms with E-state index in [9.17, 15) is 4.39 Å². The molecule has 1 aliphatic heterocycles. The molecule has 4 heterocycles. The van der Waals surface area contributed by atoms with E-state index >= 15 is 0 Å². The first kappa shape index (κ1) is 23.6. The molecule has 0 aliphatic carbocycles. The van der Waals surface area contributed by atoms with E-state index in [1.165, 1.54) is 0 Å². The van der Waals surface area contributed by atoms with Crippen molar-refractivity contribution >= 4 is 34.7 Å². The summed E-state index contributed by atoms with van der Waals surface area (Å²) in [5.41, 5.74) is 3.85. The van der Waals surface area contributed by atoms with Crippen molar-refractivity contribution in [1.29, 1.82) is 0 Å². The van der Waals surface area contributed by atoms with Crippen LogP contribution in [0.15, 0.2) is 71.3 Å². The maximum absolute atomic E-state index is 14.2. The van der Waals surface area contributed by atoms with Gasteiger partial charge in [-0.3, -0.25) is 4.98 Å². The molecule has 182 valence electrons. The first-order valence-corrected chi connectivity index (χ1v) is 11.6. The van der Waals surface area contributed by atoms with Gasteiger partial charge in [0.2, 0.25) is 0 Å². The number of nitrogens with one attached hydrogen (secondary N) is 1. The Hall–Kier alpha value is -4.09. The Kier molecular flexibility index (Phi) is 7.29. The third kappa shape index (κ3) is 5.93. The van der Waals surface area contributed by atoms with Gasteiger partial charge in [-0.1, -0.05) is 11.6 Å². The first-order valence-electron chi connectivity index (χ1n) is 11.2. The number of hydrogen-bond donors (Lipinski definition) is 1. The fourth-order valence-electron chi connectivity index (χ4n) is 3.59. The number of anilines is 3. The molecule has 36 heavy (non-hydrogen) atoms. The molecule has 0 unspecified atom stereocenters. The zero-order valence-corrected chi connectivity index (χ0v) is 19.8. The summed E-state index contributed by atoms with van der Waals surface area (Å²) >= 11 is 6.30. The summed E-state index contributed by atoms with van der Waals surface area (Å²) in [7, 11) is 0. The molecule has 1 aliphatic rings. The Morgan fingerprint density at radius 3 is 2.72 bits per heavy atom. The molecule has 1 saturated heterocycles. The molecule has 1 fully saturated rings. The van der Waals surface area contributed by atoms with Crippen LogP contribution in [0, 0.1) is 5.82 Å². The van der Waals surface area contributed by atoms with E-state index in [0.717, 1.165) is 28.8 Å². The van der Waals surface area contributed by atoms with Crippen LogP contribution in [0.1, 0.15) is 5.69 Å². The van der Waals surface area contributed by atoms with Gasteiger partial charge in [0.25, 0.3) is 5.95 Å². The van der Waals surface area contributed by atoms with Crippen LogP contribution in [0.3, 0.4) is 0 Å². The molecule has 0 radical (unpaired) electrons. The average Bonchev–Trinajstić information content (AvgIpc) is 2.91. The number of aromatic nitrogens is 5. The molecule has 3 aromatic heterocycles. The van der Waals surface area contributed by atoms with Gasteiger partial charge in [0.1, 0.15) is 6.54 Å². The van der Waals surface area contributed by atoms with Crippen molar-refractivity contribution in [2.75, 3.05) is 36.5 Å². The van der Waals surface area contributed by atoms with Crippen molar-refractivity contribution in [3.8, 4) is 11.3 Å². The lowest BCUT2D eigenvalue weighted by atomic mass is 10.1. The van der Waals surface area contributed by atoms with Gasteiger partial charge in [0, 0.05) is 35.6 Å². The Bertz CT molecular complexity index is 1350. The molecule has 1 aromatic carbocycles. The minimum absolute atomic E-state index is 0.0936. The molecule has 1 N–H and O–H groups in total. The lowest BCUT2D eigenvalue weighted by Gasteiger charge is -2.27. The van der Waals surface area contributed by atoms with Gasteiger partial charge in [0.05, 0.1) is 42.7 Å². The van der Waals surface area contributed by atoms with E-state index in [1.807, 2.05) is 47.4 Å². The number of nitrogens with zero attached hydrogens (tertiary/aromatic N) is 8. The van der Waals surface area contributed by atoms with Gasteiger partial charge < -0.3 is 15.0 Å². The van der Waals surface area contributed by atoms with Crippen LogP contribution in [-0.2, 0) is 11.3 Å². The standard InChI is InChI=1S/C24H21ClFN9O/c25-17-10-16(22-2-1-5-29-33-22)11-20(12-17)31-19-4-3-18(27-13-19)14-30-34-24-28-15-21(26)23(32-24)35-6-8-36-9-7-35/h1-5,10-13,15,31H,6-9,14H2. The van der Waals surface area contributed by atoms with Crippen molar-refractivity contribution in [1.82, 2.24) is 25.1 Å². The number of pyridine rings is 1. The third-order valence-electron chi connectivity index (χ3n) is 5.30. The molecule has 10 nitrogen and oxygen atoms in total. The van der Waals surface area contributed by atoms with Crippen LogP contribution in [-0.4, -0.2) is 51.5 Å². The fourth-order valence-corrected chi connectivity index (χ4v) is 3.82. The summed E-state index contributed by atoms with van der Waals surface area (Å²) in [4.78, 5) is 14.3. The number of benzene rings is 1. The highest BCUT2D eigenvalue weighted by molar-refractivity contribution is 6.31. The first-order chi connectivity index (χ1) is 17.6. The summed E-state index contributed by atoms with van der Waals surface area (Å²) in [5, 5.41) is 20.1. The molecule has 0 atom stereocenters. The monoisotopic (exact) mass is 505 g/mol. The summed E-state index contributed by atoms with van der Waals surface area (Å²) in [6, 6.07) is 13.0. The largest absolute Gasteiger partial charge is 0.378 e. The number of hydrogen-bond acceptors (Lipinski definition) is 10. The van der Waals surface area contributed by atoms with Crippen molar-refractivity contribution < 1.29 is 9.13 Å². The van der Waals surface area contributed by atoms with E-state index in [0.29, 0.717) is 37.0 Å². The molecule has 12 heteroatoms. The molecule has 0 spiro atoms. The summed E-state index contributed by atoms with van der Waals surface area (Å²) in [5.74, 6) is -0.195. The van der Waals surface area contributed by atoms with Crippen LogP contribution < -0.4 is 10.2 Å². The van der Waals surface area contributed by atoms with Gasteiger partial charge in [-0.2, -0.15) is 20.3 Å². The van der Waals surface area contributed by atoms with Crippen LogP contribution in [0.2, 0.25) is 5.02 Å². The maximum Gasteiger partial charge on any atom is 0.270 e. The summed E-state index contributed by atoms with van der Waals surface area (Å²) < 4.78 is 19.5. The molecule has 0 amide bonds. The van der Waals surface area contributed by atoms with Crippen molar-refractivity contribution in [3.63, 3.8) is 0 Å². The molecule has 0 bridgehead atoms. The SMILES string of the molecule is Fc1cnc(N=NCc2ccc(Nc3cc(Cl)cc(-c4cccnn4)c3)cn2)nc1N1CCOCC1. The maximum atomic E-state index is 14.2. The van der Waals surface area contributed by atoms with Crippen molar-refractivity contribution in [3.05, 3.63) is 77.6 Å². The number of ether oxygens (including phenoxy) is 1. The van der Waals surface area contributed by atoms with Gasteiger partial charge in [-0.25, -0.2) is 9.37 Å². The molecule has 5 rings (SSSR count). The van der Waals surface area contributed by atoms with Gasteiger partial charge in [-0.05, 0) is 42.5 Å².